The lowest BCUT2D eigenvalue weighted by Crippen LogP contribution is -2.27. The molecule has 0 radical (unpaired) electrons. The average molecular weight is 322 g/mol. The number of alkyl halides is 1. The van der Waals surface area contributed by atoms with Crippen LogP contribution in [0.25, 0.3) is 0 Å². The van der Waals surface area contributed by atoms with E-state index >= 15 is 0 Å². The van der Waals surface area contributed by atoms with E-state index < -0.39 is 0 Å². The van der Waals surface area contributed by atoms with Crippen LogP contribution >= 0.6 is 27.7 Å². The molecule has 1 fully saturated rings. The Morgan fingerprint density at radius 3 is 2.29 bits per heavy atom. The van der Waals surface area contributed by atoms with Crippen molar-refractivity contribution >= 4 is 27.7 Å². The Hall–Kier alpha value is 0.790. The number of rotatable bonds is 9. The summed E-state index contributed by atoms with van der Waals surface area (Å²) in [7, 11) is 0. The topological polar surface area (TPSA) is 3.24 Å². The van der Waals surface area contributed by atoms with Gasteiger partial charge in [-0.25, -0.2) is 0 Å². The minimum Gasteiger partial charge on any atom is -0.302 e. The Labute approximate surface area is 120 Å². The summed E-state index contributed by atoms with van der Waals surface area (Å²) in [4.78, 5) is 2.67. The van der Waals surface area contributed by atoms with Crippen LogP contribution in [0.15, 0.2) is 0 Å². The molecule has 0 N–H and O–H groups in total. The van der Waals surface area contributed by atoms with Crippen molar-refractivity contribution in [3.63, 3.8) is 0 Å². The largest absolute Gasteiger partial charge is 0.302 e. The summed E-state index contributed by atoms with van der Waals surface area (Å²) in [6, 6.07) is 0. The van der Waals surface area contributed by atoms with Crippen molar-refractivity contribution in [2.24, 2.45) is 0 Å². The van der Waals surface area contributed by atoms with Gasteiger partial charge in [0.1, 0.15) is 0 Å². The van der Waals surface area contributed by atoms with Gasteiger partial charge in [-0.15, -0.1) is 0 Å². The summed E-state index contributed by atoms with van der Waals surface area (Å²) in [6.45, 7) is 4.02. The fourth-order valence-corrected chi connectivity index (χ4v) is 3.66. The van der Waals surface area contributed by atoms with Crippen LogP contribution in [0.4, 0.5) is 0 Å². The molecule has 1 rings (SSSR count). The summed E-state index contributed by atoms with van der Waals surface area (Å²) in [6.07, 6.45) is 11.4. The third-order valence-electron chi connectivity index (χ3n) is 3.42. The summed E-state index contributed by atoms with van der Waals surface area (Å²) >= 11 is 5.62. The monoisotopic (exact) mass is 321 g/mol. The number of nitrogens with zero attached hydrogens (tertiary/aromatic N) is 1. The zero-order chi connectivity index (χ0) is 12.2. The van der Waals surface area contributed by atoms with E-state index in [9.17, 15) is 0 Å². The Bertz CT molecular complexity index is 158. The first-order valence-electron chi connectivity index (χ1n) is 7.29. The molecule has 0 atom stereocenters. The van der Waals surface area contributed by atoms with Crippen molar-refractivity contribution in [1.82, 2.24) is 4.90 Å². The lowest BCUT2D eigenvalue weighted by Gasteiger charge is -2.18. The second kappa shape index (κ2) is 11.9. The highest BCUT2D eigenvalue weighted by atomic mass is 79.9. The predicted octanol–water partition coefficient (Wildman–Crippen LogP) is 4.55. The zero-order valence-electron chi connectivity index (χ0n) is 11.1. The van der Waals surface area contributed by atoms with Crippen molar-refractivity contribution in [2.45, 2.75) is 51.4 Å². The van der Waals surface area contributed by atoms with Gasteiger partial charge in [0, 0.05) is 17.6 Å². The molecule has 0 aromatic carbocycles. The molecule has 0 amide bonds. The van der Waals surface area contributed by atoms with Crippen LogP contribution < -0.4 is 0 Å². The first-order chi connectivity index (χ1) is 8.43. The van der Waals surface area contributed by atoms with Crippen LogP contribution in [0.1, 0.15) is 51.4 Å². The van der Waals surface area contributed by atoms with Gasteiger partial charge in [-0.2, -0.15) is 11.8 Å². The van der Waals surface area contributed by atoms with Gasteiger partial charge in [-0.1, -0.05) is 48.0 Å². The van der Waals surface area contributed by atoms with Crippen LogP contribution in [0, 0.1) is 0 Å². The number of thioether (sulfide) groups is 1. The molecule has 102 valence electrons. The van der Waals surface area contributed by atoms with Gasteiger partial charge in [0.25, 0.3) is 0 Å². The zero-order valence-corrected chi connectivity index (χ0v) is 13.5. The third-order valence-corrected chi connectivity index (χ3v) is 5.03. The molecule has 0 spiro atoms. The first-order valence-corrected chi connectivity index (χ1v) is 9.57. The highest BCUT2D eigenvalue weighted by Gasteiger charge is 2.07. The van der Waals surface area contributed by atoms with Gasteiger partial charge in [0.05, 0.1) is 0 Å². The predicted molar refractivity (Wildman–Crippen MR) is 84.5 cm³/mol. The van der Waals surface area contributed by atoms with Crippen LogP contribution in [0.2, 0.25) is 0 Å². The SMILES string of the molecule is BrCCCCCCCCCN1CCCSCC1. The number of hydrogen-bond donors (Lipinski definition) is 0. The first kappa shape index (κ1) is 15.8. The van der Waals surface area contributed by atoms with E-state index in [1.807, 2.05) is 0 Å². The molecule has 1 aliphatic heterocycles. The summed E-state index contributed by atoms with van der Waals surface area (Å²) < 4.78 is 0. The van der Waals surface area contributed by atoms with Crippen molar-refractivity contribution in [3.05, 3.63) is 0 Å². The van der Waals surface area contributed by atoms with E-state index in [1.165, 1.54) is 87.8 Å². The maximum atomic E-state index is 3.49. The highest BCUT2D eigenvalue weighted by Crippen LogP contribution is 2.12. The molecule has 1 heterocycles. The van der Waals surface area contributed by atoms with Gasteiger partial charge < -0.3 is 4.90 Å². The number of unbranched alkanes of at least 4 members (excludes halogenated alkanes) is 6. The van der Waals surface area contributed by atoms with E-state index in [0.29, 0.717) is 0 Å². The van der Waals surface area contributed by atoms with E-state index in [4.69, 9.17) is 0 Å². The Kier molecular flexibility index (Phi) is 11.1. The second-order valence-electron chi connectivity index (χ2n) is 4.97. The van der Waals surface area contributed by atoms with Crippen LogP contribution in [-0.4, -0.2) is 41.4 Å². The molecule has 0 aromatic heterocycles. The molecule has 1 saturated heterocycles. The standard InChI is InChI=1S/C14H28BrNS/c15-9-6-4-2-1-3-5-7-10-16-11-8-13-17-14-12-16/h1-14H2. The average Bonchev–Trinajstić information content (AvgIpc) is 2.61. The molecular formula is C14H28BrNS. The Balaban J connectivity index is 1.82. The normalized spacial score (nSPS) is 18.2. The Morgan fingerprint density at radius 2 is 1.53 bits per heavy atom. The molecule has 0 bridgehead atoms. The Morgan fingerprint density at radius 1 is 0.824 bits per heavy atom. The molecule has 3 heteroatoms. The maximum absolute atomic E-state index is 3.49. The molecule has 0 saturated carbocycles. The third kappa shape index (κ3) is 9.38. The van der Waals surface area contributed by atoms with Crippen LogP contribution in [-0.2, 0) is 0 Å². The minimum absolute atomic E-state index is 1.18. The molecule has 1 aliphatic rings. The molecule has 17 heavy (non-hydrogen) atoms. The highest BCUT2D eigenvalue weighted by molar-refractivity contribution is 9.09. The van der Waals surface area contributed by atoms with Gasteiger partial charge in [-0.3, -0.25) is 0 Å². The van der Waals surface area contributed by atoms with Gasteiger partial charge in [0.2, 0.25) is 0 Å². The summed E-state index contributed by atoms with van der Waals surface area (Å²) in [5.41, 5.74) is 0. The molecule has 0 aliphatic carbocycles. The molecule has 1 nitrogen and oxygen atoms in total. The fourth-order valence-electron chi connectivity index (χ4n) is 2.34. The molecule has 0 aromatic rings. The van der Waals surface area contributed by atoms with Crippen molar-refractivity contribution in [3.8, 4) is 0 Å². The van der Waals surface area contributed by atoms with Crippen molar-refractivity contribution in [2.75, 3.05) is 36.5 Å². The van der Waals surface area contributed by atoms with Gasteiger partial charge in [0.15, 0.2) is 0 Å². The van der Waals surface area contributed by atoms with E-state index in [0.717, 1.165) is 0 Å². The quantitative estimate of drug-likeness (QED) is 0.452. The minimum atomic E-state index is 1.18. The smallest absolute Gasteiger partial charge is 0.00723 e. The maximum Gasteiger partial charge on any atom is 0.00723 e. The molecule has 0 unspecified atom stereocenters. The van der Waals surface area contributed by atoms with Crippen LogP contribution in [0.5, 0.6) is 0 Å². The number of hydrogen-bond acceptors (Lipinski definition) is 2. The lowest BCUT2D eigenvalue weighted by atomic mass is 10.1. The summed E-state index contributed by atoms with van der Waals surface area (Å²) in [5.74, 6) is 2.73. The van der Waals surface area contributed by atoms with Crippen molar-refractivity contribution < 1.29 is 0 Å². The lowest BCUT2D eigenvalue weighted by molar-refractivity contribution is 0.287. The van der Waals surface area contributed by atoms with E-state index in [1.54, 1.807) is 0 Å². The van der Waals surface area contributed by atoms with Gasteiger partial charge in [-0.05, 0) is 38.1 Å². The van der Waals surface area contributed by atoms with E-state index in [-0.39, 0.29) is 0 Å². The number of halogens is 1. The molecular weight excluding hydrogens is 294 g/mol. The summed E-state index contributed by atoms with van der Waals surface area (Å²) in [5, 5.41) is 1.18. The van der Waals surface area contributed by atoms with Crippen molar-refractivity contribution in [1.29, 1.82) is 0 Å². The van der Waals surface area contributed by atoms with Gasteiger partial charge >= 0.3 is 0 Å². The van der Waals surface area contributed by atoms with Crippen LogP contribution in [0.3, 0.4) is 0 Å². The second-order valence-corrected chi connectivity index (χ2v) is 6.99. The fraction of sp³-hybridized carbons (Fsp3) is 1.00. The van der Waals surface area contributed by atoms with E-state index in [2.05, 4.69) is 32.6 Å².